The number of hydrogen-bond acceptors (Lipinski definition) is 4. The zero-order chi connectivity index (χ0) is 22.7. The maximum atomic E-state index is 13.0. The van der Waals surface area contributed by atoms with Gasteiger partial charge >= 0.3 is 0 Å². The largest absolute Gasteiger partial charge is 0.493 e. The van der Waals surface area contributed by atoms with Crippen LogP contribution in [0.5, 0.6) is 11.5 Å². The molecule has 3 aromatic carbocycles. The SMILES string of the molecule is COc1cc(Cl)cc(/C=C2\C(=O)NN(c3ccccc3)C2=O)c1OCc1cccc(C)c1. The van der Waals surface area contributed by atoms with Gasteiger partial charge in [-0.2, -0.15) is 0 Å². The Morgan fingerprint density at radius 2 is 1.81 bits per heavy atom. The molecular weight excluding hydrogens is 428 g/mol. The number of benzene rings is 3. The molecule has 0 bridgehead atoms. The Kier molecular flexibility index (Phi) is 6.14. The quantitative estimate of drug-likeness (QED) is 0.438. The minimum atomic E-state index is -0.512. The van der Waals surface area contributed by atoms with E-state index in [0.717, 1.165) is 11.1 Å². The summed E-state index contributed by atoms with van der Waals surface area (Å²) < 4.78 is 11.5. The number of methoxy groups -OCH3 is 1. The fourth-order valence-corrected chi connectivity index (χ4v) is 3.65. The first kappa shape index (κ1) is 21.5. The number of carbonyl (C=O) groups excluding carboxylic acids is 2. The van der Waals surface area contributed by atoms with Gasteiger partial charge in [-0.3, -0.25) is 15.0 Å². The zero-order valence-electron chi connectivity index (χ0n) is 17.6. The minimum absolute atomic E-state index is 0.0291. The van der Waals surface area contributed by atoms with Crippen LogP contribution in [0.2, 0.25) is 5.02 Å². The molecular formula is C25H21ClN2O4. The fourth-order valence-electron chi connectivity index (χ4n) is 3.43. The molecule has 3 aromatic rings. The van der Waals surface area contributed by atoms with Crippen LogP contribution in [0.25, 0.3) is 6.08 Å². The first-order valence-electron chi connectivity index (χ1n) is 9.94. The Hall–Kier alpha value is -3.77. The van der Waals surface area contributed by atoms with Crippen LogP contribution < -0.4 is 19.9 Å². The number of nitrogens with zero attached hydrogens (tertiary/aromatic N) is 1. The van der Waals surface area contributed by atoms with Gasteiger partial charge in [0.15, 0.2) is 11.5 Å². The summed E-state index contributed by atoms with van der Waals surface area (Å²) in [6, 6.07) is 20.1. The van der Waals surface area contributed by atoms with Crippen molar-refractivity contribution < 1.29 is 19.1 Å². The van der Waals surface area contributed by atoms with E-state index in [9.17, 15) is 9.59 Å². The van der Waals surface area contributed by atoms with E-state index in [2.05, 4.69) is 5.43 Å². The normalized spacial score (nSPS) is 14.6. The number of nitrogens with one attached hydrogen (secondary N) is 1. The molecule has 1 fully saturated rings. The fraction of sp³-hybridized carbons (Fsp3) is 0.120. The Labute approximate surface area is 191 Å². The third-order valence-corrected chi connectivity index (χ3v) is 5.16. The number of carbonyl (C=O) groups is 2. The van der Waals surface area contributed by atoms with Crippen LogP contribution in [0.4, 0.5) is 5.69 Å². The number of amides is 2. The molecule has 0 aromatic heterocycles. The summed E-state index contributed by atoms with van der Waals surface area (Å²) in [5.41, 5.74) is 5.68. The lowest BCUT2D eigenvalue weighted by Gasteiger charge is -2.15. The van der Waals surface area contributed by atoms with Crippen molar-refractivity contribution in [2.45, 2.75) is 13.5 Å². The van der Waals surface area contributed by atoms with Crippen molar-refractivity contribution in [3.8, 4) is 11.5 Å². The summed E-state index contributed by atoms with van der Waals surface area (Å²) >= 11 is 6.26. The molecule has 0 atom stereocenters. The van der Waals surface area contributed by atoms with E-state index in [1.54, 1.807) is 36.4 Å². The second-order valence-corrected chi connectivity index (χ2v) is 7.72. The first-order valence-corrected chi connectivity index (χ1v) is 10.3. The number of rotatable bonds is 6. The Balaban J connectivity index is 1.69. The third kappa shape index (κ3) is 4.45. The van der Waals surface area contributed by atoms with Crippen LogP contribution in [-0.4, -0.2) is 18.9 Å². The Morgan fingerprint density at radius 1 is 1.03 bits per heavy atom. The molecule has 0 radical (unpaired) electrons. The zero-order valence-corrected chi connectivity index (χ0v) is 18.3. The second-order valence-electron chi connectivity index (χ2n) is 7.28. The highest BCUT2D eigenvalue weighted by Gasteiger charge is 2.34. The van der Waals surface area contributed by atoms with Crippen LogP contribution in [0.3, 0.4) is 0 Å². The van der Waals surface area contributed by atoms with E-state index >= 15 is 0 Å². The van der Waals surface area contributed by atoms with Gasteiger partial charge in [-0.05, 0) is 36.8 Å². The van der Waals surface area contributed by atoms with E-state index in [0.29, 0.717) is 27.8 Å². The summed E-state index contributed by atoms with van der Waals surface area (Å²) in [6.07, 6.45) is 1.47. The van der Waals surface area contributed by atoms with Crippen molar-refractivity contribution in [3.63, 3.8) is 0 Å². The number of anilines is 1. The minimum Gasteiger partial charge on any atom is -0.493 e. The maximum Gasteiger partial charge on any atom is 0.282 e. The number of hydrazine groups is 1. The standard InChI is InChI=1S/C25H21ClN2O4/c1-16-7-6-8-17(11-16)15-32-23-18(12-19(26)14-22(23)31-2)13-21-24(29)27-28(25(21)30)20-9-4-3-5-10-20/h3-14H,15H2,1-2H3,(H,27,29)/b21-13+. The van der Waals surface area contributed by atoms with Gasteiger partial charge in [-0.15, -0.1) is 0 Å². The number of halogens is 1. The van der Waals surface area contributed by atoms with Gasteiger partial charge in [-0.25, -0.2) is 5.01 Å². The highest BCUT2D eigenvalue weighted by molar-refractivity contribution is 6.32. The van der Waals surface area contributed by atoms with Gasteiger partial charge in [0.05, 0.1) is 12.8 Å². The maximum absolute atomic E-state index is 13.0. The number of ether oxygens (including phenoxy) is 2. The average molecular weight is 449 g/mol. The van der Waals surface area contributed by atoms with Gasteiger partial charge < -0.3 is 9.47 Å². The van der Waals surface area contributed by atoms with E-state index < -0.39 is 11.8 Å². The van der Waals surface area contributed by atoms with E-state index in [1.165, 1.54) is 18.2 Å². The van der Waals surface area contributed by atoms with Crippen LogP contribution >= 0.6 is 11.6 Å². The Morgan fingerprint density at radius 3 is 2.53 bits per heavy atom. The van der Waals surface area contributed by atoms with Gasteiger partial charge in [0, 0.05) is 16.7 Å². The summed E-state index contributed by atoms with van der Waals surface area (Å²) in [6.45, 7) is 2.29. The number of aryl methyl sites for hydroxylation is 1. The molecule has 0 aliphatic carbocycles. The molecule has 7 heteroatoms. The van der Waals surface area contributed by atoms with Crippen molar-refractivity contribution >= 4 is 35.2 Å². The molecule has 1 heterocycles. The molecule has 0 saturated carbocycles. The molecule has 32 heavy (non-hydrogen) atoms. The molecule has 1 N–H and O–H groups in total. The highest BCUT2D eigenvalue weighted by atomic mass is 35.5. The lowest BCUT2D eigenvalue weighted by molar-refractivity contribution is -0.117. The van der Waals surface area contributed by atoms with Gasteiger partial charge in [0.25, 0.3) is 11.8 Å². The van der Waals surface area contributed by atoms with Crippen LogP contribution in [0.15, 0.2) is 72.3 Å². The molecule has 0 unspecified atom stereocenters. The molecule has 0 spiro atoms. The summed E-state index contributed by atoms with van der Waals surface area (Å²) in [5, 5.41) is 1.60. The average Bonchev–Trinajstić information content (AvgIpc) is 3.07. The second kappa shape index (κ2) is 9.16. The smallest absolute Gasteiger partial charge is 0.282 e. The van der Waals surface area contributed by atoms with Crippen molar-refractivity contribution in [2.24, 2.45) is 0 Å². The molecule has 1 saturated heterocycles. The first-order chi connectivity index (χ1) is 15.5. The molecule has 162 valence electrons. The molecule has 2 amide bonds. The summed E-state index contributed by atoms with van der Waals surface area (Å²) in [4.78, 5) is 25.6. The molecule has 4 rings (SSSR count). The van der Waals surface area contributed by atoms with Gasteiger partial charge in [0.1, 0.15) is 12.2 Å². The highest BCUT2D eigenvalue weighted by Crippen LogP contribution is 2.37. The number of hydrogen-bond donors (Lipinski definition) is 1. The lowest BCUT2D eigenvalue weighted by atomic mass is 10.1. The van der Waals surface area contributed by atoms with Crippen LogP contribution in [0, 0.1) is 6.92 Å². The van der Waals surface area contributed by atoms with Crippen LogP contribution in [0.1, 0.15) is 16.7 Å². The van der Waals surface area contributed by atoms with Gasteiger partial charge in [-0.1, -0.05) is 59.6 Å². The molecule has 1 aliphatic rings. The lowest BCUT2D eigenvalue weighted by Crippen LogP contribution is -2.35. The van der Waals surface area contributed by atoms with Crippen LogP contribution in [-0.2, 0) is 16.2 Å². The summed E-state index contributed by atoms with van der Waals surface area (Å²) in [7, 11) is 1.51. The van der Waals surface area contributed by atoms with Crippen molar-refractivity contribution in [2.75, 3.05) is 12.1 Å². The Bertz CT molecular complexity index is 1210. The molecule has 6 nitrogen and oxygen atoms in total. The van der Waals surface area contributed by atoms with Crippen molar-refractivity contribution in [3.05, 3.63) is 94.0 Å². The number of para-hydroxylation sites is 1. The third-order valence-electron chi connectivity index (χ3n) is 4.94. The van der Waals surface area contributed by atoms with E-state index in [4.69, 9.17) is 21.1 Å². The predicted octanol–water partition coefficient (Wildman–Crippen LogP) is 4.70. The molecule has 1 aliphatic heterocycles. The van der Waals surface area contributed by atoms with Crippen molar-refractivity contribution in [1.29, 1.82) is 0 Å². The summed E-state index contributed by atoms with van der Waals surface area (Å²) in [5.74, 6) is -0.181. The van der Waals surface area contributed by atoms with E-state index in [1.807, 2.05) is 37.3 Å². The van der Waals surface area contributed by atoms with E-state index in [-0.39, 0.29) is 12.2 Å². The van der Waals surface area contributed by atoms with Crippen molar-refractivity contribution in [1.82, 2.24) is 5.43 Å². The predicted molar refractivity (Wildman–Crippen MR) is 124 cm³/mol. The monoisotopic (exact) mass is 448 g/mol. The van der Waals surface area contributed by atoms with Gasteiger partial charge in [0.2, 0.25) is 0 Å². The topological polar surface area (TPSA) is 67.9 Å².